The molecule has 104 valence electrons. The minimum Gasteiger partial charge on any atom is -0.462 e. The van der Waals surface area contributed by atoms with Crippen molar-refractivity contribution in [2.45, 2.75) is 31.7 Å². The van der Waals surface area contributed by atoms with Crippen LogP contribution in [0.2, 0.25) is 5.02 Å². The van der Waals surface area contributed by atoms with Crippen molar-refractivity contribution in [1.29, 1.82) is 0 Å². The van der Waals surface area contributed by atoms with Crippen LogP contribution in [0.25, 0.3) is 10.9 Å². The zero-order valence-electron chi connectivity index (χ0n) is 11.2. The molecule has 0 aliphatic rings. The lowest BCUT2D eigenvalue weighted by Gasteiger charge is -2.14. The summed E-state index contributed by atoms with van der Waals surface area (Å²) in [6.07, 6.45) is 1.90. The number of fused-ring (bicyclic) bond motifs is 1. The molecule has 2 rings (SSSR count). The Kier molecular flexibility index (Phi) is 5.88. The van der Waals surface area contributed by atoms with Crippen molar-refractivity contribution in [3.8, 4) is 0 Å². The average Bonchev–Trinajstić information content (AvgIpc) is 2.78. The second-order valence-corrected chi connectivity index (χ2v) is 5.88. The largest absolute Gasteiger partial charge is 0.462 e. The van der Waals surface area contributed by atoms with Gasteiger partial charge in [0, 0.05) is 22.4 Å². The summed E-state index contributed by atoms with van der Waals surface area (Å²) in [6.45, 7) is 5.92. The number of rotatable bonds is 2. The van der Waals surface area contributed by atoms with E-state index >= 15 is 0 Å². The first-order chi connectivity index (χ1) is 8.89. The Hall–Kier alpha value is -1.00. The van der Waals surface area contributed by atoms with Crippen LogP contribution in [0.5, 0.6) is 0 Å². The highest BCUT2D eigenvalue weighted by Crippen LogP contribution is 2.27. The zero-order valence-corrected chi connectivity index (χ0v) is 13.5. The van der Waals surface area contributed by atoms with Crippen LogP contribution >= 0.6 is 27.5 Å². The lowest BCUT2D eigenvalue weighted by Crippen LogP contribution is -2.17. The summed E-state index contributed by atoms with van der Waals surface area (Å²) in [5.41, 5.74) is 1.90. The third-order valence-electron chi connectivity index (χ3n) is 2.29. The Morgan fingerprint density at radius 1 is 1.37 bits per heavy atom. The van der Waals surface area contributed by atoms with Crippen LogP contribution in [0.4, 0.5) is 0 Å². The van der Waals surface area contributed by atoms with Gasteiger partial charge in [-0.15, -0.1) is 0 Å². The molecule has 1 aromatic heterocycles. The highest BCUT2D eigenvalue weighted by Gasteiger charge is 2.07. The predicted octanol–water partition coefficient (Wildman–Crippen LogP) is 4.67. The number of alkyl halides is 1. The van der Waals surface area contributed by atoms with Crippen LogP contribution in [0, 0.1) is 0 Å². The van der Waals surface area contributed by atoms with Gasteiger partial charge >= 0.3 is 0 Å². The van der Waals surface area contributed by atoms with Gasteiger partial charge in [-0.2, -0.15) is 0 Å². The third kappa shape index (κ3) is 4.88. The SMILES string of the molecule is CC(C)(C)OC=O.Clc1c(CBr)ccc2[nH]ccc12. The molecule has 19 heavy (non-hydrogen) atoms. The number of aromatic amines is 1. The van der Waals surface area contributed by atoms with E-state index in [9.17, 15) is 4.79 Å². The molecule has 0 amide bonds. The molecule has 0 unspecified atom stereocenters. The summed E-state index contributed by atoms with van der Waals surface area (Å²) in [5, 5.41) is 2.73. The van der Waals surface area contributed by atoms with Crippen LogP contribution in [0.3, 0.4) is 0 Å². The summed E-state index contributed by atoms with van der Waals surface area (Å²) in [7, 11) is 0. The summed E-state index contributed by atoms with van der Waals surface area (Å²) in [6, 6.07) is 6.05. The number of H-pyrrole nitrogens is 1. The van der Waals surface area contributed by atoms with Gasteiger partial charge in [-0.1, -0.05) is 33.6 Å². The maximum absolute atomic E-state index is 9.60. The normalized spacial score (nSPS) is 10.8. The number of hydrogen-bond acceptors (Lipinski definition) is 2. The molecule has 3 nitrogen and oxygen atoms in total. The van der Waals surface area contributed by atoms with Gasteiger partial charge in [-0.3, -0.25) is 4.79 Å². The minimum absolute atomic E-state index is 0.318. The number of carbonyl (C=O) groups is 1. The summed E-state index contributed by atoms with van der Waals surface area (Å²) in [4.78, 5) is 12.7. The Morgan fingerprint density at radius 3 is 2.53 bits per heavy atom. The average molecular weight is 347 g/mol. The van der Waals surface area contributed by atoms with E-state index in [0.717, 1.165) is 26.8 Å². The van der Waals surface area contributed by atoms with Gasteiger partial charge in [0.15, 0.2) is 0 Å². The molecule has 1 aromatic carbocycles. The highest BCUT2D eigenvalue weighted by molar-refractivity contribution is 9.08. The number of halogens is 2. The first-order valence-corrected chi connectivity index (χ1v) is 7.31. The van der Waals surface area contributed by atoms with Crippen molar-refractivity contribution in [3.63, 3.8) is 0 Å². The van der Waals surface area contributed by atoms with E-state index in [2.05, 4.69) is 25.7 Å². The van der Waals surface area contributed by atoms with Crippen LogP contribution in [0.15, 0.2) is 24.4 Å². The summed E-state index contributed by atoms with van der Waals surface area (Å²) in [5.74, 6) is 0. The van der Waals surface area contributed by atoms with Crippen molar-refractivity contribution in [2.24, 2.45) is 0 Å². The Labute approximate surface area is 126 Å². The smallest absolute Gasteiger partial charge is 0.293 e. The van der Waals surface area contributed by atoms with Crippen LogP contribution in [-0.2, 0) is 14.9 Å². The molecule has 2 aromatic rings. The van der Waals surface area contributed by atoms with Gasteiger partial charge in [-0.25, -0.2) is 0 Å². The van der Waals surface area contributed by atoms with Crippen LogP contribution < -0.4 is 0 Å². The minimum atomic E-state index is -0.318. The number of ether oxygens (including phenoxy) is 1. The molecule has 0 fully saturated rings. The van der Waals surface area contributed by atoms with Crippen molar-refractivity contribution >= 4 is 44.9 Å². The van der Waals surface area contributed by atoms with Gasteiger partial charge in [-0.05, 0) is 38.5 Å². The van der Waals surface area contributed by atoms with E-state index < -0.39 is 0 Å². The van der Waals surface area contributed by atoms with Crippen molar-refractivity contribution in [3.05, 3.63) is 35.0 Å². The Morgan fingerprint density at radius 2 is 2.05 bits per heavy atom. The summed E-state index contributed by atoms with van der Waals surface area (Å²) < 4.78 is 4.55. The summed E-state index contributed by atoms with van der Waals surface area (Å²) >= 11 is 9.52. The molecular weight excluding hydrogens is 330 g/mol. The molecule has 1 heterocycles. The third-order valence-corrected chi connectivity index (χ3v) is 3.34. The standard InChI is InChI=1S/C9H7BrClN.C5H10O2/c10-5-6-1-2-8-7(9(6)11)3-4-12-8;1-5(2,3)7-4-6/h1-4,12H,5H2;4H,1-3H3. The van der Waals surface area contributed by atoms with E-state index in [0.29, 0.717) is 6.47 Å². The fourth-order valence-corrected chi connectivity index (χ4v) is 2.31. The van der Waals surface area contributed by atoms with Crippen molar-refractivity contribution < 1.29 is 9.53 Å². The van der Waals surface area contributed by atoms with Crippen LogP contribution in [0.1, 0.15) is 26.3 Å². The van der Waals surface area contributed by atoms with Gasteiger partial charge in [0.25, 0.3) is 6.47 Å². The second kappa shape index (κ2) is 6.96. The molecule has 1 N–H and O–H groups in total. The monoisotopic (exact) mass is 345 g/mol. The predicted molar refractivity (Wildman–Crippen MR) is 82.8 cm³/mol. The molecule has 0 bridgehead atoms. The van der Waals surface area contributed by atoms with E-state index in [-0.39, 0.29) is 5.60 Å². The molecule has 0 saturated heterocycles. The quantitative estimate of drug-likeness (QED) is 0.634. The van der Waals surface area contributed by atoms with E-state index in [4.69, 9.17) is 11.6 Å². The fraction of sp³-hybridized carbons (Fsp3) is 0.357. The number of carbonyl (C=O) groups excluding carboxylic acids is 1. The van der Waals surface area contributed by atoms with E-state index in [1.165, 1.54) is 0 Å². The molecule has 0 saturated carbocycles. The second-order valence-electron chi connectivity index (χ2n) is 4.94. The Bertz CT molecular complexity index is 546. The zero-order chi connectivity index (χ0) is 14.5. The lowest BCUT2D eigenvalue weighted by molar-refractivity contribution is -0.138. The maximum Gasteiger partial charge on any atom is 0.293 e. The molecular formula is C14H17BrClNO2. The van der Waals surface area contributed by atoms with Gasteiger partial charge in [0.1, 0.15) is 5.60 Å². The van der Waals surface area contributed by atoms with Gasteiger partial charge < -0.3 is 9.72 Å². The van der Waals surface area contributed by atoms with Gasteiger partial charge in [0.2, 0.25) is 0 Å². The molecule has 0 aliphatic carbocycles. The van der Waals surface area contributed by atoms with Crippen LogP contribution in [-0.4, -0.2) is 17.1 Å². The first kappa shape index (κ1) is 16.1. The molecule has 0 atom stereocenters. The molecule has 0 aliphatic heterocycles. The topological polar surface area (TPSA) is 42.1 Å². The Balaban J connectivity index is 0.000000224. The maximum atomic E-state index is 9.60. The molecule has 0 radical (unpaired) electrons. The first-order valence-electron chi connectivity index (χ1n) is 5.81. The highest BCUT2D eigenvalue weighted by atomic mass is 79.9. The number of nitrogens with one attached hydrogen (secondary N) is 1. The molecule has 0 spiro atoms. The number of benzene rings is 1. The lowest BCUT2D eigenvalue weighted by atomic mass is 10.2. The fourth-order valence-electron chi connectivity index (χ4n) is 1.39. The van der Waals surface area contributed by atoms with E-state index in [1.54, 1.807) is 0 Å². The number of hydrogen-bond donors (Lipinski definition) is 1. The van der Waals surface area contributed by atoms with E-state index in [1.807, 2.05) is 45.2 Å². The van der Waals surface area contributed by atoms with Crippen molar-refractivity contribution in [2.75, 3.05) is 0 Å². The van der Waals surface area contributed by atoms with Gasteiger partial charge in [0.05, 0.1) is 5.02 Å². The van der Waals surface area contributed by atoms with Crippen molar-refractivity contribution in [1.82, 2.24) is 4.98 Å². The molecule has 5 heteroatoms. The number of aromatic nitrogens is 1.